The van der Waals surface area contributed by atoms with Crippen molar-refractivity contribution in [1.29, 1.82) is 0 Å². The molecule has 0 radical (unpaired) electrons. The third kappa shape index (κ3) is 4.38. The van der Waals surface area contributed by atoms with Gasteiger partial charge in [0.2, 0.25) is 5.91 Å². The zero-order chi connectivity index (χ0) is 19.2. The van der Waals surface area contributed by atoms with E-state index in [1.807, 2.05) is 54.6 Å². The van der Waals surface area contributed by atoms with Crippen LogP contribution in [0.2, 0.25) is 0 Å². The van der Waals surface area contributed by atoms with Gasteiger partial charge in [0.15, 0.2) is 5.75 Å². The number of nitrogens with one attached hydrogen (secondary N) is 1. The summed E-state index contributed by atoms with van der Waals surface area (Å²) in [6.07, 6.45) is 5.24. The number of pyridine rings is 1. The summed E-state index contributed by atoms with van der Waals surface area (Å²) in [5, 5.41) is 3.06. The van der Waals surface area contributed by atoms with Crippen molar-refractivity contribution in [2.24, 2.45) is 0 Å². The van der Waals surface area contributed by atoms with E-state index in [9.17, 15) is 4.79 Å². The Bertz CT molecular complexity index is 915. The summed E-state index contributed by atoms with van der Waals surface area (Å²) in [6, 6.07) is 21.3. The van der Waals surface area contributed by atoms with Crippen LogP contribution in [0.3, 0.4) is 0 Å². The first-order valence-corrected chi connectivity index (χ1v) is 9.55. The number of anilines is 1. The highest BCUT2D eigenvalue weighted by Crippen LogP contribution is 2.30. The lowest BCUT2D eigenvalue weighted by Crippen LogP contribution is -2.39. The predicted molar refractivity (Wildman–Crippen MR) is 109 cm³/mol. The molecule has 1 aliphatic heterocycles. The second-order valence-corrected chi connectivity index (χ2v) is 6.89. The molecule has 5 nitrogen and oxygen atoms in total. The van der Waals surface area contributed by atoms with E-state index in [-0.39, 0.29) is 11.9 Å². The number of carbonyl (C=O) groups excluding carboxylic acids is 1. The summed E-state index contributed by atoms with van der Waals surface area (Å²) in [5.74, 6) is 1.25. The molecule has 0 saturated carbocycles. The summed E-state index contributed by atoms with van der Waals surface area (Å²) < 4.78 is 5.90. The van der Waals surface area contributed by atoms with Crippen LogP contribution in [-0.2, 0) is 11.3 Å². The third-order valence-electron chi connectivity index (χ3n) is 4.90. The van der Waals surface area contributed by atoms with Gasteiger partial charge in [-0.2, -0.15) is 0 Å². The topological polar surface area (TPSA) is 54.5 Å². The van der Waals surface area contributed by atoms with Gasteiger partial charge in [0.1, 0.15) is 5.75 Å². The van der Waals surface area contributed by atoms with Crippen molar-refractivity contribution in [2.75, 3.05) is 11.9 Å². The van der Waals surface area contributed by atoms with Crippen LogP contribution in [0.15, 0.2) is 79.1 Å². The van der Waals surface area contributed by atoms with E-state index in [0.717, 1.165) is 25.9 Å². The van der Waals surface area contributed by atoms with Gasteiger partial charge in [-0.05, 0) is 49.2 Å². The maximum atomic E-state index is 13.0. The molecule has 1 N–H and O–H groups in total. The largest absolute Gasteiger partial charge is 0.454 e. The van der Waals surface area contributed by atoms with Gasteiger partial charge in [0, 0.05) is 12.7 Å². The Balaban J connectivity index is 1.46. The van der Waals surface area contributed by atoms with Crippen molar-refractivity contribution < 1.29 is 9.53 Å². The Morgan fingerprint density at radius 2 is 1.89 bits per heavy atom. The van der Waals surface area contributed by atoms with Crippen LogP contribution in [-0.4, -0.2) is 28.4 Å². The Labute approximate surface area is 165 Å². The summed E-state index contributed by atoms with van der Waals surface area (Å²) in [4.78, 5) is 19.3. The lowest BCUT2D eigenvalue weighted by Gasteiger charge is -2.24. The molecule has 4 rings (SSSR count). The zero-order valence-electron chi connectivity index (χ0n) is 15.6. The summed E-state index contributed by atoms with van der Waals surface area (Å²) in [6.45, 7) is 1.72. The van der Waals surface area contributed by atoms with Gasteiger partial charge in [-0.1, -0.05) is 42.5 Å². The van der Waals surface area contributed by atoms with Crippen LogP contribution in [0.5, 0.6) is 11.5 Å². The minimum absolute atomic E-state index is 0.00988. The predicted octanol–water partition coefficient (Wildman–Crippen LogP) is 4.48. The molecule has 2 heterocycles. The highest BCUT2D eigenvalue weighted by atomic mass is 16.5. The van der Waals surface area contributed by atoms with E-state index >= 15 is 0 Å². The monoisotopic (exact) mass is 373 g/mol. The molecule has 142 valence electrons. The molecule has 1 aliphatic rings. The number of likely N-dealkylation sites (tertiary alicyclic amines) is 1. The molecule has 1 amide bonds. The molecule has 28 heavy (non-hydrogen) atoms. The van der Waals surface area contributed by atoms with Crippen molar-refractivity contribution in [3.63, 3.8) is 0 Å². The van der Waals surface area contributed by atoms with Crippen molar-refractivity contribution >= 4 is 11.6 Å². The maximum Gasteiger partial charge on any atom is 0.241 e. The van der Waals surface area contributed by atoms with Crippen molar-refractivity contribution in [1.82, 2.24) is 9.88 Å². The highest BCUT2D eigenvalue weighted by Gasteiger charge is 2.31. The number of carbonyl (C=O) groups is 1. The normalized spacial score (nSPS) is 16.6. The van der Waals surface area contributed by atoms with Gasteiger partial charge in [0.05, 0.1) is 17.9 Å². The van der Waals surface area contributed by atoms with Crippen LogP contribution >= 0.6 is 0 Å². The number of aromatic nitrogens is 1. The molecule has 0 spiro atoms. The van der Waals surface area contributed by atoms with E-state index in [1.54, 1.807) is 12.4 Å². The number of benzene rings is 2. The first-order chi connectivity index (χ1) is 13.8. The van der Waals surface area contributed by atoms with Crippen LogP contribution in [0, 0.1) is 0 Å². The number of hydrogen-bond donors (Lipinski definition) is 1. The smallest absolute Gasteiger partial charge is 0.241 e. The molecule has 2 aromatic carbocycles. The molecule has 3 aromatic rings. The van der Waals surface area contributed by atoms with E-state index in [1.165, 1.54) is 5.56 Å². The maximum absolute atomic E-state index is 13.0. The fourth-order valence-corrected chi connectivity index (χ4v) is 3.54. The molecule has 0 aliphatic carbocycles. The van der Waals surface area contributed by atoms with E-state index in [2.05, 4.69) is 27.3 Å². The van der Waals surface area contributed by atoms with Crippen LogP contribution in [0.1, 0.15) is 18.4 Å². The third-order valence-corrected chi connectivity index (χ3v) is 4.90. The van der Waals surface area contributed by atoms with Gasteiger partial charge >= 0.3 is 0 Å². The zero-order valence-corrected chi connectivity index (χ0v) is 15.6. The second-order valence-electron chi connectivity index (χ2n) is 6.89. The van der Waals surface area contributed by atoms with Crippen molar-refractivity contribution in [3.8, 4) is 11.5 Å². The molecule has 5 heteroatoms. The van der Waals surface area contributed by atoms with Crippen molar-refractivity contribution in [3.05, 3.63) is 84.7 Å². The number of nitrogens with zero attached hydrogens (tertiary/aromatic N) is 2. The minimum Gasteiger partial charge on any atom is -0.454 e. The van der Waals surface area contributed by atoms with Gasteiger partial charge in [-0.3, -0.25) is 14.7 Å². The fraction of sp³-hybridized carbons (Fsp3) is 0.217. The van der Waals surface area contributed by atoms with Gasteiger partial charge in [-0.25, -0.2) is 0 Å². The fourth-order valence-electron chi connectivity index (χ4n) is 3.54. The van der Waals surface area contributed by atoms with Crippen LogP contribution in [0.25, 0.3) is 0 Å². The second kappa shape index (κ2) is 8.67. The van der Waals surface area contributed by atoms with Gasteiger partial charge in [0.25, 0.3) is 0 Å². The number of hydrogen-bond acceptors (Lipinski definition) is 4. The van der Waals surface area contributed by atoms with E-state index in [4.69, 9.17) is 4.74 Å². The number of ether oxygens (including phenoxy) is 1. The first kappa shape index (κ1) is 18.2. The summed E-state index contributed by atoms with van der Waals surface area (Å²) >= 11 is 0. The molecular formula is C23H23N3O2. The summed E-state index contributed by atoms with van der Waals surface area (Å²) in [5.41, 5.74) is 1.89. The lowest BCUT2D eigenvalue weighted by molar-refractivity contribution is -0.120. The average molecular weight is 373 g/mol. The molecule has 0 bridgehead atoms. The Morgan fingerprint density at radius 3 is 2.71 bits per heavy atom. The first-order valence-electron chi connectivity index (χ1n) is 9.55. The van der Waals surface area contributed by atoms with Gasteiger partial charge < -0.3 is 10.1 Å². The Kier molecular flexibility index (Phi) is 5.64. The highest BCUT2D eigenvalue weighted by molar-refractivity contribution is 5.96. The molecule has 1 atom stereocenters. The average Bonchev–Trinajstić information content (AvgIpc) is 3.19. The van der Waals surface area contributed by atoms with Crippen LogP contribution < -0.4 is 10.1 Å². The molecule has 0 unspecified atom stereocenters. The molecule has 1 aromatic heterocycles. The number of rotatable bonds is 6. The van der Waals surface area contributed by atoms with Crippen LogP contribution in [0.4, 0.5) is 5.69 Å². The Hall–Kier alpha value is -3.18. The standard InChI is InChI=1S/C23H23N3O2/c27-23(21-12-7-15-26(21)17-18-8-2-1-3-9-18)25-20-11-4-5-13-22(20)28-19-10-6-14-24-16-19/h1-6,8-11,13-14,16,21H,7,12,15,17H2,(H,25,27)/t21-/m0/s1. The quantitative estimate of drug-likeness (QED) is 0.692. The van der Waals surface area contributed by atoms with Gasteiger partial charge in [-0.15, -0.1) is 0 Å². The minimum atomic E-state index is -0.133. The lowest BCUT2D eigenvalue weighted by atomic mass is 10.1. The number of para-hydroxylation sites is 2. The SMILES string of the molecule is O=C(Nc1ccccc1Oc1cccnc1)[C@@H]1CCCN1Cc1ccccc1. The Morgan fingerprint density at radius 1 is 1.07 bits per heavy atom. The summed E-state index contributed by atoms with van der Waals surface area (Å²) in [7, 11) is 0. The van der Waals surface area contributed by atoms with E-state index < -0.39 is 0 Å². The van der Waals surface area contributed by atoms with Crippen molar-refractivity contribution in [2.45, 2.75) is 25.4 Å². The number of amides is 1. The van der Waals surface area contributed by atoms with E-state index in [0.29, 0.717) is 17.2 Å². The molecule has 1 fully saturated rings. The molecular weight excluding hydrogens is 350 g/mol. The molecule has 1 saturated heterocycles.